The molecule has 4 rings (SSSR count). The lowest BCUT2D eigenvalue weighted by molar-refractivity contribution is -0.00125. The van der Waals surface area contributed by atoms with E-state index in [-0.39, 0.29) is 30.3 Å². The van der Waals surface area contributed by atoms with E-state index < -0.39 is 0 Å². The Morgan fingerprint density at radius 1 is 1.15 bits per heavy atom. The number of pyridine rings is 1. The highest BCUT2D eigenvalue weighted by molar-refractivity contribution is 5.68. The molecule has 174 valence electrons. The number of ether oxygens (including phenoxy) is 3. The molecule has 0 radical (unpaired) electrons. The maximum atomic E-state index is 12.6. The van der Waals surface area contributed by atoms with Gasteiger partial charge in [0.1, 0.15) is 18.1 Å². The zero-order valence-electron chi connectivity index (χ0n) is 19.1. The highest BCUT2D eigenvalue weighted by Gasteiger charge is 2.45. The first-order chi connectivity index (χ1) is 16.0. The van der Waals surface area contributed by atoms with Crippen LogP contribution in [-0.2, 0) is 4.74 Å². The minimum atomic E-state index is -0.237. The first-order valence-corrected chi connectivity index (χ1v) is 11.4. The number of aromatic nitrogens is 3. The highest BCUT2D eigenvalue weighted by Crippen LogP contribution is 2.40. The Labute approximate surface area is 194 Å². The number of amides is 1. The van der Waals surface area contributed by atoms with E-state index in [9.17, 15) is 4.79 Å². The van der Waals surface area contributed by atoms with Gasteiger partial charge in [-0.25, -0.2) is 14.8 Å². The van der Waals surface area contributed by atoms with Crippen LogP contribution in [0.15, 0.2) is 37.8 Å². The summed E-state index contributed by atoms with van der Waals surface area (Å²) in [7, 11) is 0. The smallest absolute Gasteiger partial charge is 0.410 e. The van der Waals surface area contributed by atoms with Crippen LogP contribution in [0, 0.1) is 5.92 Å². The van der Waals surface area contributed by atoms with Crippen molar-refractivity contribution in [2.75, 3.05) is 6.54 Å². The first kappa shape index (κ1) is 22.8. The van der Waals surface area contributed by atoms with E-state index >= 15 is 0 Å². The fourth-order valence-corrected chi connectivity index (χ4v) is 4.68. The van der Waals surface area contributed by atoms with Crippen molar-refractivity contribution in [3.8, 4) is 17.5 Å². The van der Waals surface area contributed by atoms with E-state index in [1.165, 1.54) is 6.33 Å². The van der Waals surface area contributed by atoms with Crippen LogP contribution in [0.4, 0.5) is 4.79 Å². The van der Waals surface area contributed by atoms with Crippen molar-refractivity contribution in [3.05, 3.63) is 49.1 Å². The molecular weight excluding hydrogens is 420 g/mol. The van der Waals surface area contributed by atoms with Gasteiger partial charge in [-0.15, -0.1) is 0 Å². The summed E-state index contributed by atoms with van der Waals surface area (Å²) in [5.74, 6) is 1.52. The number of carbonyl (C=O) groups is 1. The molecule has 2 aliphatic rings. The summed E-state index contributed by atoms with van der Waals surface area (Å²) in [4.78, 5) is 27.4. The number of nitrogens with zero attached hydrogens (tertiary/aromatic N) is 4. The second-order valence-electron chi connectivity index (χ2n) is 8.53. The van der Waals surface area contributed by atoms with Gasteiger partial charge in [-0.1, -0.05) is 25.7 Å². The molecule has 0 bridgehead atoms. The largest absolute Gasteiger partial charge is 0.473 e. The maximum Gasteiger partial charge on any atom is 0.410 e. The van der Waals surface area contributed by atoms with Crippen LogP contribution >= 0.6 is 0 Å². The fraction of sp³-hybridized carbons (Fsp3) is 0.440. The summed E-state index contributed by atoms with van der Waals surface area (Å²) in [5.41, 5.74) is 1.19. The summed E-state index contributed by atoms with van der Waals surface area (Å²) in [6.45, 7) is 12.0. The Balaban J connectivity index is 1.54. The van der Waals surface area contributed by atoms with Gasteiger partial charge in [0.15, 0.2) is 5.75 Å². The Morgan fingerprint density at radius 3 is 2.73 bits per heavy atom. The SMILES string of the molecule is C=Cc1ncccc1Oc1ncnc(OC2CCN(C(=O)OC(C)C)C3CCCC23)c1C=C. The minimum Gasteiger partial charge on any atom is -0.473 e. The molecule has 2 aromatic rings. The summed E-state index contributed by atoms with van der Waals surface area (Å²) in [5, 5.41) is 0. The summed E-state index contributed by atoms with van der Waals surface area (Å²) >= 11 is 0. The molecule has 3 atom stereocenters. The van der Waals surface area contributed by atoms with Crippen LogP contribution < -0.4 is 9.47 Å². The molecule has 8 heteroatoms. The normalized spacial score (nSPS) is 21.9. The van der Waals surface area contributed by atoms with E-state index in [2.05, 4.69) is 28.1 Å². The number of rotatable bonds is 7. The lowest BCUT2D eigenvalue weighted by atomic mass is 9.89. The predicted molar refractivity (Wildman–Crippen MR) is 125 cm³/mol. The Hall–Kier alpha value is -3.42. The fourth-order valence-electron chi connectivity index (χ4n) is 4.68. The number of likely N-dealkylation sites (tertiary alicyclic amines) is 1. The van der Waals surface area contributed by atoms with E-state index in [0.717, 1.165) is 19.3 Å². The third-order valence-electron chi connectivity index (χ3n) is 6.11. The molecule has 8 nitrogen and oxygen atoms in total. The van der Waals surface area contributed by atoms with Crippen molar-refractivity contribution in [1.82, 2.24) is 19.9 Å². The average Bonchev–Trinajstić information content (AvgIpc) is 3.30. The molecular formula is C25H30N4O4. The predicted octanol–water partition coefficient (Wildman–Crippen LogP) is 5.12. The van der Waals surface area contributed by atoms with Gasteiger partial charge in [0.2, 0.25) is 11.8 Å². The lowest BCUT2D eigenvalue weighted by Gasteiger charge is -2.41. The molecule has 1 amide bonds. The zero-order valence-corrected chi connectivity index (χ0v) is 19.1. The van der Waals surface area contributed by atoms with Gasteiger partial charge in [-0.2, -0.15) is 0 Å². The lowest BCUT2D eigenvalue weighted by Crippen LogP contribution is -2.53. The van der Waals surface area contributed by atoms with Gasteiger partial charge < -0.3 is 19.1 Å². The molecule has 0 aromatic carbocycles. The van der Waals surface area contributed by atoms with Gasteiger partial charge in [0.25, 0.3) is 0 Å². The van der Waals surface area contributed by atoms with Gasteiger partial charge in [-0.3, -0.25) is 4.98 Å². The molecule has 1 aliphatic carbocycles. The minimum absolute atomic E-state index is 0.0656. The summed E-state index contributed by atoms with van der Waals surface area (Å²) in [6, 6.07) is 3.70. The van der Waals surface area contributed by atoms with Gasteiger partial charge in [0, 0.05) is 31.1 Å². The molecule has 0 N–H and O–H groups in total. The Kier molecular flexibility index (Phi) is 6.91. The van der Waals surface area contributed by atoms with Gasteiger partial charge in [-0.05, 0) is 44.9 Å². The molecule has 0 spiro atoms. The van der Waals surface area contributed by atoms with E-state index in [1.807, 2.05) is 18.7 Å². The van der Waals surface area contributed by atoms with Crippen LogP contribution in [-0.4, -0.2) is 50.7 Å². The van der Waals surface area contributed by atoms with Crippen LogP contribution in [0.5, 0.6) is 17.5 Å². The maximum absolute atomic E-state index is 12.6. The molecule has 1 saturated heterocycles. The Bertz CT molecular complexity index is 1030. The van der Waals surface area contributed by atoms with Crippen molar-refractivity contribution >= 4 is 18.2 Å². The van der Waals surface area contributed by atoms with Crippen LogP contribution in [0.25, 0.3) is 12.2 Å². The summed E-state index contributed by atoms with van der Waals surface area (Å²) < 4.78 is 17.9. The second kappa shape index (κ2) is 10.0. The van der Waals surface area contributed by atoms with Crippen molar-refractivity contribution in [2.24, 2.45) is 5.92 Å². The Morgan fingerprint density at radius 2 is 1.97 bits per heavy atom. The molecule has 3 unspecified atom stereocenters. The van der Waals surface area contributed by atoms with Crippen molar-refractivity contribution in [3.63, 3.8) is 0 Å². The highest BCUT2D eigenvalue weighted by atomic mass is 16.6. The van der Waals surface area contributed by atoms with Crippen LogP contribution in [0.1, 0.15) is 50.8 Å². The average molecular weight is 451 g/mol. The van der Waals surface area contributed by atoms with Crippen LogP contribution in [0.2, 0.25) is 0 Å². The van der Waals surface area contributed by atoms with Crippen molar-refractivity contribution < 1.29 is 19.0 Å². The van der Waals surface area contributed by atoms with E-state index in [1.54, 1.807) is 30.5 Å². The summed E-state index contributed by atoms with van der Waals surface area (Å²) in [6.07, 6.45) is 9.62. The van der Waals surface area contributed by atoms with E-state index in [0.29, 0.717) is 41.7 Å². The number of hydrogen-bond donors (Lipinski definition) is 0. The zero-order chi connectivity index (χ0) is 23.4. The third-order valence-corrected chi connectivity index (χ3v) is 6.11. The standard InChI is InChI=1S/C25H30N4O4/c1-5-17-23(27-15-28-24(17)33-22-11-8-13-26-19(22)6-2)32-21-12-14-29(25(30)31-16(3)4)20-10-7-9-18(20)21/h5-6,8,11,13,15-16,18,20-21H,1-2,7,9-10,12,14H2,3-4H3. The third kappa shape index (κ3) is 4.84. The molecule has 2 aromatic heterocycles. The van der Waals surface area contributed by atoms with Crippen molar-refractivity contribution in [2.45, 2.75) is 57.8 Å². The van der Waals surface area contributed by atoms with Crippen LogP contribution in [0.3, 0.4) is 0 Å². The number of piperidine rings is 1. The quantitative estimate of drug-likeness (QED) is 0.579. The van der Waals surface area contributed by atoms with Gasteiger partial charge in [0.05, 0.1) is 11.7 Å². The number of carbonyl (C=O) groups excluding carboxylic acids is 1. The molecule has 33 heavy (non-hydrogen) atoms. The first-order valence-electron chi connectivity index (χ1n) is 11.4. The number of fused-ring (bicyclic) bond motifs is 1. The molecule has 3 heterocycles. The molecule has 1 aliphatic heterocycles. The molecule has 2 fully saturated rings. The van der Waals surface area contributed by atoms with Crippen molar-refractivity contribution in [1.29, 1.82) is 0 Å². The monoisotopic (exact) mass is 450 g/mol. The number of hydrogen-bond acceptors (Lipinski definition) is 7. The molecule has 1 saturated carbocycles. The topological polar surface area (TPSA) is 86.7 Å². The van der Waals surface area contributed by atoms with Gasteiger partial charge >= 0.3 is 6.09 Å². The second-order valence-corrected chi connectivity index (χ2v) is 8.53. The van der Waals surface area contributed by atoms with E-state index in [4.69, 9.17) is 14.2 Å².